The molecule has 35 heavy (non-hydrogen) atoms. The number of carbonyl (C=O) groups excluding carboxylic acids is 2. The standard InChI is InChI=1S/C21H27N5O7S2/c1-9-16-15(10(2)27)20(29)26(16)17(21(30)31)18(9)34-12-7-14(23-8-12)19(28)25-24-11-4-3-5-13(6-11)35(22,32)33/h3-6,9-10,12,14-16,23-24,27H,7-8H2,1-2H3,(H,25,28)(H,30,31)(H2,22,32,33)/t9-,10?,12+,14+,15-,16-/m1/s1. The highest BCUT2D eigenvalue weighted by Gasteiger charge is 2.60. The molecule has 0 saturated carbocycles. The molecule has 0 radical (unpaired) electrons. The van der Waals surface area contributed by atoms with Crippen LogP contribution in [0.1, 0.15) is 20.3 Å². The van der Waals surface area contributed by atoms with Crippen LogP contribution in [0.2, 0.25) is 0 Å². The average molecular weight is 526 g/mol. The van der Waals surface area contributed by atoms with Gasteiger partial charge in [-0.2, -0.15) is 0 Å². The number of aliphatic hydroxyl groups is 1. The molecule has 1 aromatic rings. The van der Waals surface area contributed by atoms with Crippen LogP contribution in [0.25, 0.3) is 0 Å². The molecule has 7 N–H and O–H groups in total. The molecule has 2 amide bonds. The molecule has 190 valence electrons. The number of aliphatic hydroxyl groups excluding tert-OH is 1. The van der Waals surface area contributed by atoms with Crippen molar-refractivity contribution in [1.82, 2.24) is 15.6 Å². The van der Waals surface area contributed by atoms with E-state index in [1.807, 2.05) is 6.92 Å². The molecule has 3 aliphatic heterocycles. The number of sulfonamides is 1. The molecular weight excluding hydrogens is 498 g/mol. The van der Waals surface area contributed by atoms with Crippen molar-refractivity contribution in [3.63, 3.8) is 0 Å². The van der Waals surface area contributed by atoms with Crippen LogP contribution in [0, 0.1) is 11.8 Å². The molecule has 1 unspecified atom stereocenters. The molecule has 0 aliphatic carbocycles. The largest absolute Gasteiger partial charge is 0.477 e. The first-order chi connectivity index (χ1) is 16.4. The molecule has 4 rings (SSSR count). The van der Waals surface area contributed by atoms with E-state index >= 15 is 0 Å². The number of amides is 2. The number of primary sulfonamides is 1. The van der Waals surface area contributed by atoms with Crippen LogP contribution in [-0.4, -0.2) is 71.3 Å². The summed E-state index contributed by atoms with van der Waals surface area (Å²) in [5, 5.41) is 27.9. The minimum atomic E-state index is -3.88. The number of thioether (sulfide) groups is 1. The first-order valence-corrected chi connectivity index (χ1v) is 13.4. The summed E-state index contributed by atoms with van der Waals surface area (Å²) >= 11 is 1.34. The van der Waals surface area contributed by atoms with E-state index in [4.69, 9.17) is 5.14 Å². The smallest absolute Gasteiger partial charge is 0.353 e. The van der Waals surface area contributed by atoms with Crippen LogP contribution in [0.5, 0.6) is 0 Å². The Morgan fingerprint density at radius 2 is 2.06 bits per heavy atom. The Bertz CT molecular complexity index is 1200. The molecule has 2 saturated heterocycles. The van der Waals surface area contributed by atoms with E-state index in [0.717, 1.165) is 0 Å². The van der Waals surface area contributed by atoms with Gasteiger partial charge in [0.1, 0.15) is 5.70 Å². The topological polar surface area (TPSA) is 191 Å². The lowest BCUT2D eigenvalue weighted by atomic mass is 9.79. The van der Waals surface area contributed by atoms with Crippen molar-refractivity contribution >= 4 is 45.3 Å². The number of anilines is 1. The molecule has 2 fully saturated rings. The second-order valence-electron chi connectivity index (χ2n) is 8.90. The number of hydrogen-bond acceptors (Lipinski definition) is 9. The van der Waals surface area contributed by atoms with Crippen molar-refractivity contribution in [1.29, 1.82) is 0 Å². The Morgan fingerprint density at radius 1 is 1.34 bits per heavy atom. The summed E-state index contributed by atoms with van der Waals surface area (Å²) in [7, 11) is -3.88. The third-order valence-electron chi connectivity index (χ3n) is 6.50. The van der Waals surface area contributed by atoms with Crippen molar-refractivity contribution < 1.29 is 33.0 Å². The lowest BCUT2D eigenvalue weighted by Crippen LogP contribution is -2.63. The maximum Gasteiger partial charge on any atom is 0.353 e. The average Bonchev–Trinajstić information content (AvgIpc) is 3.33. The van der Waals surface area contributed by atoms with Gasteiger partial charge in [0.25, 0.3) is 5.91 Å². The van der Waals surface area contributed by atoms with Gasteiger partial charge < -0.3 is 20.4 Å². The van der Waals surface area contributed by atoms with Gasteiger partial charge in [-0.05, 0) is 31.5 Å². The lowest BCUT2D eigenvalue weighted by molar-refractivity contribution is -0.163. The number of carboxylic acid groups (broad SMARTS) is 1. The third kappa shape index (κ3) is 4.76. The lowest BCUT2D eigenvalue weighted by Gasteiger charge is -2.46. The Morgan fingerprint density at radius 3 is 2.69 bits per heavy atom. The molecule has 12 nitrogen and oxygen atoms in total. The predicted octanol–water partition coefficient (Wildman–Crippen LogP) is -0.605. The van der Waals surface area contributed by atoms with E-state index in [0.29, 0.717) is 23.6 Å². The molecule has 14 heteroatoms. The predicted molar refractivity (Wildman–Crippen MR) is 127 cm³/mol. The van der Waals surface area contributed by atoms with Crippen LogP contribution < -0.4 is 21.3 Å². The number of β-lactam (4-membered cyclic amide) rings is 1. The SMILES string of the molecule is CC(O)[C@H]1C(=O)N2C(C(=O)O)=C(S[C@@H]3CN[C@H](C(=O)NNc4cccc(S(N)(=O)=O)c4)C3)[C@H](C)[C@H]12. The molecule has 3 heterocycles. The molecule has 1 aromatic carbocycles. The number of carboxylic acids is 1. The zero-order valence-electron chi connectivity index (χ0n) is 19.0. The Labute approximate surface area is 206 Å². The van der Waals surface area contributed by atoms with E-state index in [9.17, 15) is 33.0 Å². The Hall–Kier alpha value is -2.65. The monoisotopic (exact) mass is 525 g/mol. The minimum absolute atomic E-state index is 0.0429. The highest BCUT2D eigenvalue weighted by atomic mass is 32.2. The van der Waals surface area contributed by atoms with Crippen LogP contribution in [0.3, 0.4) is 0 Å². The Kier molecular flexibility index (Phi) is 6.85. The van der Waals surface area contributed by atoms with Crippen LogP contribution in [0.4, 0.5) is 5.69 Å². The fourth-order valence-corrected chi connectivity index (χ4v) is 6.86. The Balaban J connectivity index is 1.38. The normalized spacial score (nSPS) is 29.0. The summed E-state index contributed by atoms with van der Waals surface area (Å²) < 4.78 is 23.0. The first-order valence-electron chi connectivity index (χ1n) is 11.0. The highest BCUT2D eigenvalue weighted by molar-refractivity contribution is 8.03. The van der Waals surface area contributed by atoms with E-state index in [-0.39, 0.29) is 39.6 Å². The fourth-order valence-electron chi connectivity index (χ4n) is 4.82. The highest BCUT2D eigenvalue weighted by Crippen LogP contribution is 2.51. The van der Waals surface area contributed by atoms with Crippen LogP contribution in [-0.2, 0) is 24.4 Å². The van der Waals surface area contributed by atoms with Gasteiger partial charge in [-0.3, -0.25) is 20.4 Å². The van der Waals surface area contributed by atoms with E-state index in [1.165, 1.54) is 41.8 Å². The van der Waals surface area contributed by atoms with E-state index in [1.54, 1.807) is 6.07 Å². The number of carbonyl (C=O) groups is 3. The first kappa shape index (κ1) is 25.4. The number of nitrogens with one attached hydrogen (secondary N) is 3. The number of nitrogens with two attached hydrogens (primary N) is 1. The van der Waals surface area contributed by atoms with Crippen LogP contribution >= 0.6 is 11.8 Å². The quantitative estimate of drug-likeness (QED) is 0.189. The summed E-state index contributed by atoms with van der Waals surface area (Å²) in [6.45, 7) is 3.83. The third-order valence-corrected chi connectivity index (χ3v) is 8.93. The van der Waals surface area contributed by atoms with Crippen molar-refractivity contribution in [2.45, 2.75) is 48.6 Å². The molecule has 0 aromatic heterocycles. The van der Waals surface area contributed by atoms with Gasteiger partial charge in [0.15, 0.2) is 0 Å². The van der Waals surface area contributed by atoms with Crippen molar-refractivity contribution in [3.8, 4) is 0 Å². The zero-order chi connectivity index (χ0) is 25.7. The van der Waals surface area contributed by atoms with Gasteiger partial charge in [0, 0.05) is 22.6 Å². The van der Waals surface area contributed by atoms with Gasteiger partial charge in [-0.1, -0.05) is 13.0 Å². The summed E-state index contributed by atoms with van der Waals surface area (Å²) in [5.74, 6) is -2.82. The number of hydrogen-bond donors (Lipinski definition) is 6. The molecule has 0 spiro atoms. The van der Waals surface area contributed by atoms with Crippen LogP contribution in [0.15, 0.2) is 39.8 Å². The van der Waals surface area contributed by atoms with Gasteiger partial charge in [0.2, 0.25) is 15.9 Å². The maximum atomic E-state index is 12.6. The second-order valence-corrected chi connectivity index (χ2v) is 11.8. The number of aliphatic carboxylic acids is 1. The van der Waals surface area contributed by atoms with Crippen molar-refractivity contribution in [2.75, 3.05) is 12.0 Å². The van der Waals surface area contributed by atoms with Gasteiger partial charge in [-0.15, -0.1) is 11.8 Å². The summed E-state index contributed by atoms with van der Waals surface area (Å²) in [6.07, 6.45) is -0.457. The number of hydrazine groups is 1. The number of benzene rings is 1. The molecular formula is C21H27N5O7S2. The minimum Gasteiger partial charge on any atom is -0.477 e. The number of rotatable bonds is 8. The zero-order valence-corrected chi connectivity index (χ0v) is 20.6. The number of fused-ring (bicyclic) bond motifs is 1. The van der Waals surface area contributed by atoms with E-state index in [2.05, 4.69) is 16.2 Å². The molecule has 6 atom stereocenters. The summed E-state index contributed by atoms with van der Waals surface area (Å²) in [4.78, 5) is 38.8. The van der Waals surface area contributed by atoms with Gasteiger partial charge in [0.05, 0.1) is 34.7 Å². The molecule has 3 aliphatic rings. The van der Waals surface area contributed by atoms with Crippen molar-refractivity contribution in [3.05, 3.63) is 34.9 Å². The summed E-state index contributed by atoms with van der Waals surface area (Å²) in [6, 6.07) is 4.75. The molecule has 0 bridgehead atoms. The fraction of sp³-hybridized carbons (Fsp3) is 0.476. The number of nitrogens with zero attached hydrogens (tertiary/aromatic N) is 1. The van der Waals surface area contributed by atoms with Gasteiger partial charge >= 0.3 is 5.97 Å². The maximum absolute atomic E-state index is 12.6. The van der Waals surface area contributed by atoms with Crippen molar-refractivity contribution in [2.24, 2.45) is 17.0 Å². The van der Waals surface area contributed by atoms with E-state index < -0.39 is 34.1 Å². The second kappa shape index (κ2) is 9.43. The van der Waals surface area contributed by atoms with Gasteiger partial charge in [-0.25, -0.2) is 18.4 Å². The summed E-state index contributed by atoms with van der Waals surface area (Å²) in [5.41, 5.74) is 5.50.